The van der Waals surface area contributed by atoms with E-state index in [1.807, 2.05) is 0 Å². The molecule has 0 amide bonds. The van der Waals surface area contributed by atoms with E-state index in [4.69, 9.17) is 0 Å². The third-order valence-corrected chi connectivity index (χ3v) is 9.20. The van der Waals surface area contributed by atoms with Crippen molar-refractivity contribution in [1.82, 2.24) is 4.23 Å². The summed E-state index contributed by atoms with van der Waals surface area (Å²) >= 11 is 0. The molecule has 14 heavy (non-hydrogen) atoms. The topological polar surface area (TPSA) is 4.93 Å². The first kappa shape index (κ1) is 11.6. The van der Waals surface area contributed by atoms with E-state index in [9.17, 15) is 0 Å². The van der Waals surface area contributed by atoms with Crippen LogP contribution in [-0.4, -0.2) is 12.5 Å². The molecule has 0 saturated carbocycles. The molecular weight excluding hydrogens is 186 g/mol. The first-order valence-electron chi connectivity index (χ1n) is 5.33. The van der Waals surface area contributed by atoms with Gasteiger partial charge >= 0.3 is 0 Å². The molecule has 0 N–H and O–H groups in total. The van der Waals surface area contributed by atoms with Gasteiger partial charge in [0.05, 0.1) is 0 Å². The van der Waals surface area contributed by atoms with Gasteiger partial charge in [0.25, 0.3) is 0 Å². The molecule has 1 aromatic rings. The average Bonchev–Trinajstić information content (AvgIpc) is 2.30. The van der Waals surface area contributed by atoms with Crippen LogP contribution in [0, 0.1) is 13.8 Å². The number of hydrogen-bond acceptors (Lipinski definition) is 0. The van der Waals surface area contributed by atoms with Crippen molar-refractivity contribution in [3.05, 3.63) is 23.5 Å². The van der Waals surface area contributed by atoms with Crippen molar-refractivity contribution in [3.8, 4) is 0 Å². The Morgan fingerprint density at radius 2 is 1.64 bits per heavy atom. The van der Waals surface area contributed by atoms with Crippen molar-refractivity contribution in [3.63, 3.8) is 0 Å². The zero-order valence-corrected chi connectivity index (χ0v) is 11.6. The summed E-state index contributed by atoms with van der Waals surface area (Å²) < 4.78 is 2.53. The van der Waals surface area contributed by atoms with Crippen LogP contribution in [0.3, 0.4) is 0 Å². The minimum absolute atomic E-state index is 0.406. The molecule has 80 valence electrons. The van der Waals surface area contributed by atoms with Gasteiger partial charge in [-0.15, -0.1) is 0 Å². The van der Waals surface area contributed by atoms with Gasteiger partial charge in [-0.05, 0) is 36.7 Å². The van der Waals surface area contributed by atoms with Gasteiger partial charge in [0.2, 0.25) is 0 Å². The maximum atomic E-state index is 2.53. The van der Waals surface area contributed by atoms with E-state index >= 15 is 0 Å². The highest BCUT2D eigenvalue weighted by atomic mass is 28.3. The van der Waals surface area contributed by atoms with Crippen LogP contribution in [0.4, 0.5) is 0 Å². The van der Waals surface area contributed by atoms with Gasteiger partial charge in [-0.1, -0.05) is 33.9 Å². The molecule has 0 fully saturated rings. The lowest BCUT2D eigenvalue weighted by Crippen LogP contribution is -2.45. The van der Waals surface area contributed by atoms with Crippen molar-refractivity contribution in [2.75, 3.05) is 0 Å². The smallest absolute Gasteiger partial charge is 0.160 e. The number of aryl methyl sites for hydroxylation is 1. The molecule has 0 atom stereocenters. The largest absolute Gasteiger partial charge is 0.378 e. The number of rotatable bonds is 1. The van der Waals surface area contributed by atoms with Crippen molar-refractivity contribution in [1.29, 1.82) is 0 Å². The molecule has 0 spiro atoms. The van der Waals surface area contributed by atoms with Crippen molar-refractivity contribution < 1.29 is 0 Å². The Hall–Kier alpha value is -0.503. The molecule has 1 rings (SSSR count). The molecule has 1 aromatic heterocycles. The lowest BCUT2D eigenvalue weighted by atomic mass is 10.2. The summed E-state index contributed by atoms with van der Waals surface area (Å²) in [6.07, 6.45) is 2.27. The summed E-state index contributed by atoms with van der Waals surface area (Å²) in [5.41, 5.74) is 2.85. The number of aromatic nitrogens is 1. The second kappa shape index (κ2) is 3.26. The zero-order valence-electron chi connectivity index (χ0n) is 10.6. The molecule has 0 aliphatic heterocycles. The Bertz CT molecular complexity index is 329. The third-order valence-electron chi connectivity index (χ3n) is 3.84. The van der Waals surface area contributed by atoms with Crippen LogP contribution in [0.5, 0.6) is 0 Å². The molecule has 1 nitrogen and oxygen atoms in total. The number of nitrogens with zero attached hydrogens (tertiary/aromatic N) is 1. The van der Waals surface area contributed by atoms with Gasteiger partial charge in [-0.25, -0.2) is 0 Å². The molecule has 0 aliphatic rings. The van der Waals surface area contributed by atoms with E-state index in [1.165, 1.54) is 11.3 Å². The SMILES string of the molecule is Cc1ccn([Si](C)(C)C(C)(C)C)c1C. The lowest BCUT2D eigenvalue weighted by molar-refractivity contribution is 0.696. The fourth-order valence-corrected chi connectivity index (χ4v) is 3.76. The van der Waals surface area contributed by atoms with Gasteiger partial charge in [0, 0.05) is 5.69 Å². The van der Waals surface area contributed by atoms with Crippen LogP contribution in [-0.2, 0) is 0 Å². The number of hydrogen-bond donors (Lipinski definition) is 0. The molecule has 0 bridgehead atoms. The van der Waals surface area contributed by atoms with Gasteiger partial charge in [-0.2, -0.15) is 0 Å². The van der Waals surface area contributed by atoms with Crippen molar-refractivity contribution in [2.24, 2.45) is 0 Å². The van der Waals surface area contributed by atoms with Crippen LogP contribution in [0.15, 0.2) is 12.3 Å². The Morgan fingerprint density at radius 1 is 1.14 bits per heavy atom. The minimum Gasteiger partial charge on any atom is -0.378 e. The Balaban J connectivity index is 3.23. The van der Waals surface area contributed by atoms with Gasteiger partial charge < -0.3 is 4.23 Å². The van der Waals surface area contributed by atoms with E-state index in [0.29, 0.717) is 5.04 Å². The molecule has 0 aromatic carbocycles. The van der Waals surface area contributed by atoms with E-state index in [2.05, 4.69) is 64.2 Å². The normalized spacial score (nSPS) is 13.4. The predicted octanol–water partition coefficient (Wildman–Crippen LogP) is 3.96. The molecule has 0 aliphatic carbocycles. The summed E-state index contributed by atoms with van der Waals surface area (Å²) in [6, 6.07) is 2.23. The van der Waals surface area contributed by atoms with E-state index in [-0.39, 0.29) is 0 Å². The second-order valence-electron chi connectivity index (χ2n) is 5.76. The highest BCUT2D eigenvalue weighted by molar-refractivity contribution is 6.78. The summed E-state index contributed by atoms with van der Waals surface area (Å²) in [6.45, 7) is 16.4. The molecule has 2 heteroatoms. The van der Waals surface area contributed by atoms with Crippen LogP contribution < -0.4 is 0 Å². The Kier molecular flexibility index (Phi) is 2.70. The Morgan fingerprint density at radius 3 is 1.93 bits per heavy atom. The quantitative estimate of drug-likeness (QED) is 0.617. The first-order valence-corrected chi connectivity index (χ1v) is 8.27. The molecule has 0 radical (unpaired) electrons. The monoisotopic (exact) mass is 209 g/mol. The van der Waals surface area contributed by atoms with Gasteiger partial charge in [0.15, 0.2) is 8.24 Å². The lowest BCUT2D eigenvalue weighted by Gasteiger charge is -2.39. The molecule has 0 saturated heterocycles. The summed E-state index contributed by atoms with van der Waals surface area (Å²) in [7, 11) is -1.39. The van der Waals surface area contributed by atoms with Crippen molar-refractivity contribution in [2.45, 2.75) is 52.8 Å². The molecular formula is C12H23NSi. The highest BCUT2D eigenvalue weighted by Gasteiger charge is 2.37. The van der Waals surface area contributed by atoms with Crippen LogP contribution >= 0.6 is 0 Å². The van der Waals surface area contributed by atoms with Crippen molar-refractivity contribution >= 4 is 8.24 Å². The summed E-state index contributed by atoms with van der Waals surface area (Å²) in [5, 5.41) is 0.406. The minimum atomic E-state index is -1.39. The Labute approximate surface area is 89.2 Å². The van der Waals surface area contributed by atoms with E-state index < -0.39 is 8.24 Å². The maximum Gasteiger partial charge on any atom is 0.160 e. The zero-order chi connectivity index (χ0) is 11.1. The third kappa shape index (κ3) is 1.68. The van der Waals surface area contributed by atoms with Crippen LogP contribution in [0.1, 0.15) is 32.0 Å². The molecule has 0 unspecified atom stereocenters. The standard InChI is InChI=1S/C12H23NSi/c1-10-8-9-13(11(10)2)14(6,7)12(3,4)5/h8-9H,1-7H3. The van der Waals surface area contributed by atoms with E-state index in [0.717, 1.165) is 0 Å². The van der Waals surface area contributed by atoms with Gasteiger partial charge in [0.1, 0.15) is 0 Å². The fourth-order valence-electron chi connectivity index (χ4n) is 1.58. The van der Waals surface area contributed by atoms with Crippen LogP contribution in [0.2, 0.25) is 18.1 Å². The van der Waals surface area contributed by atoms with E-state index in [1.54, 1.807) is 0 Å². The fraction of sp³-hybridized carbons (Fsp3) is 0.667. The predicted molar refractivity (Wildman–Crippen MR) is 66.5 cm³/mol. The first-order chi connectivity index (χ1) is 6.18. The molecule has 1 heterocycles. The van der Waals surface area contributed by atoms with Gasteiger partial charge in [-0.3, -0.25) is 0 Å². The van der Waals surface area contributed by atoms with Crippen LogP contribution in [0.25, 0.3) is 0 Å². The second-order valence-corrected chi connectivity index (χ2v) is 10.9. The average molecular weight is 209 g/mol. The highest BCUT2D eigenvalue weighted by Crippen LogP contribution is 2.37. The summed E-state index contributed by atoms with van der Waals surface area (Å²) in [4.78, 5) is 0. The maximum absolute atomic E-state index is 2.53. The summed E-state index contributed by atoms with van der Waals surface area (Å²) in [5.74, 6) is 0.